The summed E-state index contributed by atoms with van der Waals surface area (Å²) in [6, 6.07) is 0. The monoisotopic (exact) mass is 1550 g/mol. The summed E-state index contributed by atoms with van der Waals surface area (Å²) in [6.07, 6.45) is 65.5. The molecule has 0 heterocycles. The number of aliphatic hydroxyl groups excluding tert-OH is 1. The third-order valence-electron chi connectivity index (χ3n) is 20.3. The Labute approximate surface area is 651 Å². The minimum absolute atomic E-state index is 0.106. The molecular weight excluding hydrogens is 1380 g/mol. The molecule has 3 unspecified atom stereocenters. The number of aliphatic hydroxyl groups is 1. The fourth-order valence-corrected chi connectivity index (χ4v) is 15.1. The molecule has 0 rings (SSSR count). The Morgan fingerprint density at radius 2 is 0.396 bits per heavy atom. The van der Waals surface area contributed by atoms with Crippen LogP contribution in [-0.4, -0.2) is 96.7 Å². The van der Waals surface area contributed by atoms with Crippen LogP contribution < -0.4 is 0 Å². The highest BCUT2D eigenvalue weighted by molar-refractivity contribution is 7.47. The molecule has 0 radical (unpaired) electrons. The molecule has 0 aliphatic rings. The number of hydrogen-bond acceptors (Lipinski definition) is 15. The smallest absolute Gasteiger partial charge is 0.462 e. The van der Waals surface area contributed by atoms with Crippen LogP contribution >= 0.6 is 15.6 Å². The number of hydrogen-bond donors (Lipinski definition) is 3. The molecule has 17 nitrogen and oxygen atoms in total. The van der Waals surface area contributed by atoms with Crippen molar-refractivity contribution in [3.8, 4) is 0 Å². The van der Waals surface area contributed by atoms with E-state index in [0.717, 1.165) is 114 Å². The second-order valence-electron chi connectivity index (χ2n) is 33.2. The Morgan fingerprint density at radius 3 is 0.585 bits per heavy atom. The largest absolute Gasteiger partial charge is 0.472 e. The second kappa shape index (κ2) is 75.7. The quantitative estimate of drug-likeness (QED) is 0.0222. The molecule has 0 bridgehead atoms. The van der Waals surface area contributed by atoms with Crippen molar-refractivity contribution in [3.63, 3.8) is 0 Å². The van der Waals surface area contributed by atoms with Gasteiger partial charge in [0.15, 0.2) is 12.2 Å². The van der Waals surface area contributed by atoms with E-state index in [1.165, 1.54) is 250 Å². The standard InChI is InChI=1S/C87H170O17P2/c1-77(2)63-55-47-39-33-27-21-15-11-9-10-12-17-24-30-36-42-51-59-67-84(89)97-73-82(103-86(91)69-61-53-43-37-31-25-18-14-13-16-22-28-34-40-48-56-64-78(3)4)75-101-105(93,94)99-71-81(88)72-100-106(95,96)102-76-83(74-98-85(90)68-60-52-46-45-50-58-66-80(7)8)104-87(92)70-62-54-44-38-32-26-20-19-23-29-35-41-49-57-65-79(5)6/h77-83,88H,9-76H2,1-8H3,(H,93,94)(H,95,96)/t81?,82-,83-/m1/s1. The van der Waals surface area contributed by atoms with E-state index in [0.29, 0.717) is 31.6 Å². The molecule has 0 aliphatic carbocycles. The predicted molar refractivity (Wildman–Crippen MR) is 437 cm³/mol. The fraction of sp³-hybridized carbons (Fsp3) is 0.954. The van der Waals surface area contributed by atoms with Crippen LogP contribution in [0.3, 0.4) is 0 Å². The lowest BCUT2D eigenvalue weighted by Gasteiger charge is -2.21. The van der Waals surface area contributed by atoms with Gasteiger partial charge in [0, 0.05) is 25.7 Å². The number of ether oxygens (including phenoxy) is 4. The van der Waals surface area contributed by atoms with Crippen molar-refractivity contribution >= 4 is 39.5 Å². The van der Waals surface area contributed by atoms with E-state index in [9.17, 15) is 43.2 Å². The highest BCUT2D eigenvalue weighted by Gasteiger charge is 2.31. The second-order valence-corrected chi connectivity index (χ2v) is 36.1. The summed E-state index contributed by atoms with van der Waals surface area (Å²) in [7, 11) is -9.93. The molecule has 0 amide bonds. The lowest BCUT2D eigenvalue weighted by molar-refractivity contribution is -0.161. The summed E-state index contributed by atoms with van der Waals surface area (Å²) >= 11 is 0. The van der Waals surface area contributed by atoms with Crippen LogP contribution in [0.25, 0.3) is 0 Å². The van der Waals surface area contributed by atoms with Gasteiger partial charge in [-0.1, -0.05) is 402 Å². The minimum atomic E-state index is -4.97. The molecule has 0 fully saturated rings. The highest BCUT2D eigenvalue weighted by Crippen LogP contribution is 2.45. The SMILES string of the molecule is CC(C)CCCCCCCCCCCCCCCCCCCCC(=O)OC[C@H](COP(=O)(O)OCC(O)COP(=O)(O)OC[C@@H](COC(=O)CCCCCCCCC(C)C)OC(=O)CCCCCCCCCCCCCCCCC(C)C)OC(=O)CCCCCCCCCCCCCCCCCCC(C)C. The van der Waals surface area contributed by atoms with Gasteiger partial charge >= 0.3 is 39.5 Å². The van der Waals surface area contributed by atoms with Crippen LogP contribution in [0.5, 0.6) is 0 Å². The average Bonchev–Trinajstić information content (AvgIpc) is 0.974. The molecule has 0 aromatic heterocycles. The fourth-order valence-electron chi connectivity index (χ4n) is 13.5. The molecule has 106 heavy (non-hydrogen) atoms. The van der Waals surface area contributed by atoms with Gasteiger partial charge in [-0.05, 0) is 49.4 Å². The Bertz CT molecular complexity index is 2060. The molecule has 0 aromatic rings. The van der Waals surface area contributed by atoms with Crippen LogP contribution in [0.2, 0.25) is 0 Å². The zero-order valence-corrected chi connectivity index (χ0v) is 71.9. The van der Waals surface area contributed by atoms with Gasteiger partial charge in [-0.25, -0.2) is 9.13 Å². The van der Waals surface area contributed by atoms with E-state index in [2.05, 4.69) is 55.4 Å². The Balaban J connectivity index is 5.21. The number of carbonyl (C=O) groups is 4. The number of esters is 4. The summed E-state index contributed by atoms with van der Waals surface area (Å²) in [4.78, 5) is 73.2. The van der Waals surface area contributed by atoms with Gasteiger partial charge in [0.2, 0.25) is 0 Å². The van der Waals surface area contributed by atoms with Crippen molar-refractivity contribution in [1.29, 1.82) is 0 Å². The summed E-state index contributed by atoms with van der Waals surface area (Å²) < 4.78 is 68.9. The van der Waals surface area contributed by atoms with Crippen molar-refractivity contribution in [2.45, 2.75) is 472 Å². The van der Waals surface area contributed by atoms with Gasteiger partial charge in [-0.3, -0.25) is 37.3 Å². The first-order chi connectivity index (χ1) is 51.1. The first-order valence-electron chi connectivity index (χ1n) is 44.7. The molecule has 0 saturated heterocycles. The summed E-state index contributed by atoms with van der Waals surface area (Å²) in [6.45, 7) is 14.3. The first-order valence-corrected chi connectivity index (χ1v) is 47.7. The van der Waals surface area contributed by atoms with E-state index in [4.69, 9.17) is 37.0 Å². The van der Waals surface area contributed by atoms with Gasteiger partial charge in [-0.15, -0.1) is 0 Å². The van der Waals surface area contributed by atoms with Gasteiger partial charge < -0.3 is 33.8 Å². The number of unbranched alkanes of at least 4 members (excludes halogenated alkanes) is 50. The third-order valence-corrected chi connectivity index (χ3v) is 22.2. The predicted octanol–water partition coefficient (Wildman–Crippen LogP) is 26.3. The van der Waals surface area contributed by atoms with Gasteiger partial charge in [0.25, 0.3) is 0 Å². The van der Waals surface area contributed by atoms with Crippen LogP contribution in [0.4, 0.5) is 0 Å². The molecule has 5 atom stereocenters. The Kier molecular flexibility index (Phi) is 74.3. The zero-order valence-electron chi connectivity index (χ0n) is 70.1. The number of phosphoric acid groups is 2. The van der Waals surface area contributed by atoms with Crippen molar-refractivity contribution < 1.29 is 80.2 Å². The third kappa shape index (κ3) is 80.1. The van der Waals surface area contributed by atoms with E-state index >= 15 is 0 Å². The van der Waals surface area contributed by atoms with E-state index in [-0.39, 0.29) is 25.7 Å². The maximum atomic E-state index is 13.2. The maximum absolute atomic E-state index is 13.2. The van der Waals surface area contributed by atoms with E-state index in [1.807, 2.05) is 0 Å². The minimum Gasteiger partial charge on any atom is -0.462 e. The van der Waals surface area contributed by atoms with E-state index in [1.54, 1.807) is 0 Å². The molecule has 3 N–H and O–H groups in total. The van der Waals surface area contributed by atoms with Crippen molar-refractivity contribution in [1.82, 2.24) is 0 Å². The summed E-state index contributed by atoms with van der Waals surface area (Å²) in [5.74, 6) is 0.998. The Morgan fingerprint density at radius 1 is 0.236 bits per heavy atom. The lowest BCUT2D eigenvalue weighted by atomic mass is 10.0. The van der Waals surface area contributed by atoms with Gasteiger partial charge in [0.05, 0.1) is 26.4 Å². The number of rotatable bonds is 84. The normalized spacial score (nSPS) is 13.9. The molecule has 0 aliphatic heterocycles. The van der Waals surface area contributed by atoms with Crippen LogP contribution in [0, 0.1) is 23.7 Å². The van der Waals surface area contributed by atoms with Crippen molar-refractivity contribution in [2.75, 3.05) is 39.6 Å². The molecule has 0 saturated carbocycles. The topological polar surface area (TPSA) is 237 Å². The average molecular weight is 1550 g/mol. The highest BCUT2D eigenvalue weighted by atomic mass is 31.2. The molecule has 0 spiro atoms. The van der Waals surface area contributed by atoms with Gasteiger partial charge in [-0.2, -0.15) is 0 Å². The summed E-state index contributed by atoms with van der Waals surface area (Å²) in [5.41, 5.74) is 0. The maximum Gasteiger partial charge on any atom is 0.472 e. The molecule has 0 aromatic carbocycles. The van der Waals surface area contributed by atoms with Crippen LogP contribution in [0.15, 0.2) is 0 Å². The van der Waals surface area contributed by atoms with Gasteiger partial charge in [0.1, 0.15) is 19.3 Å². The lowest BCUT2D eigenvalue weighted by Crippen LogP contribution is -2.30. The number of phosphoric ester groups is 2. The van der Waals surface area contributed by atoms with Crippen LogP contribution in [0.1, 0.15) is 453 Å². The zero-order chi connectivity index (χ0) is 78.1. The number of carbonyl (C=O) groups excluding carboxylic acids is 4. The molecule has 19 heteroatoms. The molecule has 630 valence electrons. The van der Waals surface area contributed by atoms with Crippen molar-refractivity contribution in [2.24, 2.45) is 23.7 Å². The molecular formula is C87H170O17P2. The first kappa shape index (κ1) is 104. The van der Waals surface area contributed by atoms with E-state index < -0.39 is 97.5 Å². The summed E-state index contributed by atoms with van der Waals surface area (Å²) in [5, 5.41) is 10.7. The Hall–Kier alpha value is -1.94. The van der Waals surface area contributed by atoms with Crippen molar-refractivity contribution in [3.05, 3.63) is 0 Å². The van der Waals surface area contributed by atoms with Crippen LogP contribution in [-0.2, 0) is 65.4 Å².